The van der Waals surface area contributed by atoms with Crippen molar-refractivity contribution < 1.29 is 4.79 Å². The van der Waals surface area contributed by atoms with Gasteiger partial charge in [-0.1, -0.05) is 30.3 Å². The predicted octanol–water partition coefficient (Wildman–Crippen LogP) is 3.20. The first-order valence-corrected chi connectivity index (χ1v) is 9.35. The topological polar surface area (TPSA) is 58.4 Å². The number of thioether (sulfide) groups is 1. The summed E-state index contributed by atoms with van der Waals surface area (Å²) in [5.74, 6) is 0.299. The van der Waals surface area contributed by atoms with Crippen molar-refractivity contribution in [3.8, 4) is 0 Å². The van der Waals surface area contributed by atoms with Crippen molar-refractivity contribution >= 4 is 35.8 Å². The molecule has 3 N–H and O–H groups in total. The second kappa shape index (κ2) is 9.25. The monoisotopic (exact) mass is 377 g/mol. The second-order valence-corrected chi connectivity index (χ2v) is 7.03. The Morgan fingerprint density at radius 3 is 2.48 bits per heavy atom. The number of rotatable bonds is 5. The lowest BCUT2D eigenvalue weighted by atomic mass is 9.95. The number of halogens is 1. The molecule has 3 rings (SSSR count). The normalized spacial score (nSPS) is 20.1. The van der Waals surface area contributed by atoms with Gasteiger partial charge in [0.15, 0.2) is 0 Å². The van der Waals surface area contributed by atoms with Gasteiger partial charge in [-0.05, 0) is 36.1 Å². The maximum absolute atomic E-state index is 12.3. The molecule has 25 heavy (non-hydrogen) atoms. The van der Waals surface area contributed by atoms with Gasteiger partial charge in [0, 0.05) is 35.6 Å². The summed E-state index contributed by atoms with van der Waals surface area (Å²) in [4.78, 5) is 15.6. The fraction of sp³-hybridized carbons (Fsp3) is 0.316. The van der Waals surface area contributed by atoms with Gasteiger partial charge in [0.05, 0.1) is 6.54 Å². The summed E-state index contributed by atoms with van der Waals surface area (Å²) >= 11 is 1.69. The maximum Gasteiger partial charge on any atom is 0.238 e. The van der Waals surface area contributed by atoms with Crippen LogP contribution in [0.3, 0.4) is 0 Å². The van der Waals surface area contributed by atoms with Crippen molar-refractivity contribution in [2.24, 2.45) is 5.73 Å². The first kappa shape index (κ1) is 19.8. The Labute approximate surface area is 159 Å². The number of nitrogens with one attached hydrogen (secondary N) is 1. The van der Waals surface area contributed by atoms with E-state index in [-0.39, 0.29) is 24.4 Å². The molecule has 0 aromatic heterocycles. The minimum absolute atomic E-state index is 0. The van der Waals surface area contributed by atoms with E-state index < -0.39 is 0 Å². The zero-order valence-corrected chi connectivity index (χ0v) is 15.9. The summed E-state index contributed by atoms with van der Waals surface area (Å²) in [6.45, 7) is 1.95. The van der Waals surface area contributed by atoms with Crippen molar-refractivity contribution in [3.05, 3.63) is 60.2 Å². The third-order valence-electron chi connectivity index (χ3n) is 4.41. The van der Waals surface area contributed by atoms with Gasteiger partial charge in [-0.15, -0.1) is 24.2 Å². The molecule has 2 aromatic carbocycles. The number of amides is 1. The summed E-state index contributed by atoms with van der Waals surface area (Å²) in [7, 11) is 0. The lowest BCUT2D eigenvalue weighted by molar-refractivity contribution is -0.117. The van der Waals surface area contributed by atoms with E-state index in [0.29, 0.717) is 12.5 Å². The van der Waals surface area contributed by atoms with Crippen LogP contribution in [0.15, 0.2) is 59.5 Å². The Kier molecular flexibility index (Phi) is 7.32. The summed E-state index contributed by atoms with van der Waals surface area (Å²) in [6.07, 6.45) is 2.04. The van der Waals surface area contributed by atoms with E-state index in [1.54, 1.807) is 11.8 Å². The largest absolute Gasteiger partial charge is 0.326 e. The highest BCUT2D eigenvalue weighted by Crippen LogP contribution is 2.26. The molecule has 2 aromatic rings. The molecule has 0 radical (unpaired) electrons. The summed E-state index contributed by atoms with van der Waals surface area (Å²) in [6, 6.07) is 18.3. The summed E-state index contributed by atoms with van der Waals surface area (Å²) < 4.78 is 0. The van der Waals surface area contributed by atoms with Crippen LogP contribution in [0.2, 0.25) is 0 Å². The molecule has 1 heterocycles. The van der Waals surface area contributed by atoms with Crippen LogP contribution in [0, 0.1) is 0 Å². The van der Waals surface area contributed by atoms with E-state index >= 15 is 0 Å². The molecular formula is C19H24ClN3OS. The highest BCUT2D eigenvalue weighted by Gasteiger charge is 2.31. The number of likely N-dealkylation sites (tertiary alicyclic amines) is 1. The number of carbonyl (C=O) groups is 1. The molecule has 1 amide bonds. The highest BCUT2D eigenvalue weighted by molar-refractivity contribution is 7.98. The van der Waals surface area contributed by atoms with Gasteiger partial charge in [-0.25, -0.2) is 0 Å². The second-order valence-electron chi connectivity index (χ2n) is 6.15. The zero-order valence-electron chi connectivity index (χ0n) is 14.2. The molecule has 0 aliphatic carbocycles. The first-order chi connectivity index (χ1) is 11.7. The quantitative estimate of drug-likeness (QED) is 0.785. The fourth-order valence-corrected chi connectivity index (χ4v) is 3.58. The Hall–Kier alpha value is -1.53. The summed E-state index contributed by atoms with van der Waals surface area (Å²) in [5.41, 5.74) is 8.37. The predicted molar refractivity (Wildman–Crippen MR) is 108 cm³/mol. The minimum atomic E-state index is 0. The molecule has 0 saturated carbocycles. The number of hydrogen-bond acceptors (Lipinski definition) is 4. The van der Waals surface area contributed by atoms with Gasteiger partial charge in [0.1, 0.15) is 0 Å². The van der Waals surface area contributed by atoms with Crippen molar-refractivity contribution in [1.29, 1.82) is 0 Å². The molecule has 6 heteroatoms. The molecule has 1 aliphatic rings. The van der Waals surface area contributed by atoms with Crippen molar-refractivity contribution in [2.75, 3.05) is 31.2 Å². The average molecular weight is 378 g/mol. The SMILES string of the molecule is CSc1ccc(NC(=O)CN2C[C@@H](N)[C@H](c3ccccc3)C2)cc1.Cl. The molecule has 0 unspecified atom stereocenters. The van der Waals surface area contributed by atoms with E-state index in [9.17, 15) is 4.79 Å². The van der Waals surface area contributed by atoms with E-state index in [1.165, 1.54) is 10.5 Å². The molecule has 1 aliphatic heterocycles. The Bertz CT molecular complexity index is 681. The Morgan fingerprint density at radius 1 is 1.16 bits per heavy atom. The summed E-state index contributed by atoms with van der Waals surface area (Å²) in [5, 5.41) is 2.96. The third kappa shape index (κ3) is 5.22. The first-order valence-electron chi connectivity index (χ1n) is 8.12. The van der Waals surface area contributed by atoms with Gasteiger partial charge >= 0.3 is 0 Å². The van der Waals surface area contributed by atoms with Gasteiger partial charge < -0.3 is 11.1 Å². The smallest absolute Gasteiger partial charge is 0.238 e. The molecule has 2 atom stereocenters. The Balaban J connectivity index is 0.00000225. The average Bonchev–Trinajstić information content (AvgIpc) is 2.96. The highest BCUT2D eigenvalue weighted by atomic mass is 35.5. The fourth-order valence-electron chi connectivity index (χ4n) is 3.17. The minimum Gasteiger partial charge on any atom is -0.326 e. The van der Waals surface area contributed by atoms with Crippen LogP contribution in [0.4, 0.5) is 5.69 Å². The molecule has 4 nitrogen and oxygen atoms in total. The van der Waals surface area contributed by atoms with E-state index in [1.807, 2.05) is 48.7 Å². The lowest BCUT2D eigenvalue weighted by Crippen LogP contribution is -2.33. The number of nitrogens with two attached hydrogens (primary N) is 1. The number of benzene rings is 2. The Morgan fingerprint density at radius 2 is 1.84 bits per heavy atom. The standard InChI is InChI=1S/C19H23N3OS.ClH/c1-24-16-9-7-15(8-10-16)21-19(23)13-22-11-17(18(20)12-22)14-5-3-2-4-6-14;/h2-10,17-18H,11-13,20H2,1H3,(H,21,23);1H/t17-,18+;/m0./s1. The van der Waals surface area contributed by atoms with E-state index in [4.69, 9.17) is 5.73 Å². The van der Waals surface area contributed by atoms with Crippen molar-refractivity contribution in [1.82, 2.24) is 4.90 Å². The van der Waals surface area contributed by atoms with E-state index in [0.717, 1.165) is 18.8 Å². The third-order valence-corrected chi connectivity index (χ3v) is 5.15. The van der Waals surface area contributed by atoms with Gasteiger partial charge in [0.25, 0.3) is 0 Å². The molecular weight excluding hydrogens is 354 g/mol. The lowest BCUT2D eigenvalue weighted by Gasteiger charge is -2.16. The number of anilines is 1. The van der Waals surface area contributed by atoms with Crippen LogP contribution in [-0.2, 0) is 4.79 Å². The van der Waals surface area contributed by atoms with Crippen molar-refractivity contribution in [3.63, 3.8) is 0 Å². The van der Waals surface area contributed by atoms with Gasteiger partial charge in [-0.2, -0.15) is 0 Å². The molecule has 1 fully saturated rings. The van der Waals surface area contributed by atoms with Crippen LogP contribution in [0.25, 0.3) is 0 Å². The molecule has 134 valence electrons. The molecule has 0 bridgehead atoms. The van der Waals surface area contributed by atoms with Crippen molar-refractivity contribution in [2.45, 2.75) is 16.9 Å². The van der Waals surface area contributed by atoms with Crippen LogP contribution in [0.1, 0.15) is 11.5 Å². The van der Waals surface area contributed by atoms with Crippen LogP contribution < -0.4 is 11.1 Å². The molecule has 0 spiro atoms. The van der Waals surface area contributed by atoms with Crippen LogP contribution >= 0.6 is 24.2 Å². The number of hydrogen-bond donors (Lipinski definition) is 2. The zero-order chi connectivity index (χ0) is 16.9. The number of nitrogens with zero attached hydrogens (tertiary/aromatic N) is 1. The molecule has 1 saturated heterocycles. The van der Waals surface area contributed by atoms with Crippen LogP contribution in [0.5, 0.6) is 0 Å². The maximum atomic E-state index is 12.3. The van der Waals surface area contributed by atoms with E-state index in [2.05, 4.69) is 22.3 Å². The van der Waals surface area contributed by atoms with Gasteiger partial charge in [0.2, 0.25) is 5.91 Å². The number of carbonyl (C=O) groups excluding carboxylic acids is 1. The van der Waals surface area contributed by atoms with Gasteiger partial charge in [-0.3, -0.25) is 9.69 Å². The van der Waals surface area contributed by atoms with Crippen LogP contribution in [-0.4, -0.2) is 42.7 Å².